The molecule has 2 nitrogen and oxygen atoms in total. The van der Waals surface area contributed by atoms with E-state index in [4.69, 9.17) is 5.11 Å². The van der Waals surface area contributed by atoms with Crippen molar-refractivity contribution in [2.24, 2.45) is 0 Å². The first kappa shape index (κ1) is 13.6. The number of nitrogens with one attached hydrogen (secondary N) is 1. The summed E-state index contributed by atoms with van der Waals surface area (Å²) in [5, 5.41) is 12.0. The van der Waals surface area contributed by atoms with Crippen molar-refractivity contribution in [1.29, 1.82) is 0 Å². The zero-order valence-corrected chi connectivity index (χ0v) is 11.1. The summed E-state index contributed by atoms with van der Waals surface area (Å²) in [5.41, 5.74) is 0.646. The molecule has 0 aliphatic carbocycles. The minimum Gasteiger partial charge on any atom is -0.396 e. The second-order valence-corrected chi connectivity index (χ2v) is 4.88. The average Bonchev–Trinajstić information content (AvgIpc) is 2.17. The normalized spacial score (nSPS) is 14.8. The summed E-state index contributed by atoms with van der Waals surface area (Å²) in [5.74, 6) is -0.217. The van der Waals surface area contributed by atoms with Gasteiger partial charge in [0.2, 0.25) is 0 Å². The molecule has 0 amide bonds. The van der Waals surface area contributed by atoms with Crippen LogP contribution in [-0.2, 0) is 0 Å². The van der Waals surface area contributed by atoms with Crippen LogP contribution >= 0.6 is 15.9 Å². The molecule has 0 saturated heterocycles. The van der Waals surface area contributed by atoms with Crippen molar-refractivity contribution in [3.63, 3.8) is 0 Å². The Labute approximate surface area is 104 Å². The number of aliphatic hydroxyl groups is 1. The van der Waals surface area contributed by atoms with Crippen molar-refractivity contribution >= 4 is 15.9 Å². The van der Waals surface area contributed by atoms with E-state index < -0.39 is 0 Å². The highest BCUT2D eigenvalue weighted by atomic mass is 79.9. The summed E-state index contributed by atoms with van der Waals surface area (Å²) in [6.45, 7) is 4.04. The van der Waals surface area contributed by atoms with E-state index >= 15 is 0 Å². The van der Waals surface area contributed by atoms with E-state index in [0.717, 1.165) is 4.47 Å². The van der Waals surface area contributed by atoms with Crippen LogP contribution < -0.4 is 5.32 Å². The smallest absolute Gasteiger partial charge is 0.129 e. The lowest BCUT2D eigenvalue weighted by Crippen LogP contribution is -2.30. The van der Waals surface area contributed by atoms with Crippen molar-refractivity contribution in [1.82, 2.24) is 5.32 Å². The van der Waals surface area contributed by atoms with E-state index in [1.54, 1.807) is 6.07 Å². The molecular weight excluding hydrogens is 273 g/mol. The molecular formula is C12H17BrFNO. The number of benzene rings is 1. The standard InChI is InChI=1S/C12H17BrFNO/c1-8(5-6-16)15-9(2)11-4-3-10(13)7-12(11)14/h3-4,7-9,15-16H,5-6H2,1-2H3. The highest BCUT2D eigenvalue weighted by Gasteiger charge is 2.13. The molecule has 0 fully saturated rings. The molecule has 0 aliphatic rings. The Morgan fingerprint density at radius 2 is 2.12 bits per heavy atom. The predicted molar refractivity (Wildman–Crippen MR) is 66.8 cm³/mol. The molecule has 90 valence electrons. The monoisotopic (exact) mass is 289 g/mol. The van der Waals surface area contributed by atoms with Gasteiger partial charge in [-0.1, -0.05) is 22.0 Å². The van der Waals surface area contributed by atoms with E-state index in [2.05, 4.69) is 21.2 Å². The third-order valence-corrected chi connectivity index (χ3v) is 3.02. The van der Waals surface area contributed by atoms with Crippen molar-refractivity contribution in [2.45, 2.75) is 32.4 Å². The van der Waals surface area contributed by atoms with Gasteiger partial charge in [0.15, 0.2) is 0 Å². The lowest BCUT2D eigenvalue weighted by Gasteiger charge is -2.20. The van der Waals surface area contributed by atoms with Crippen molar-refractivity contribution in [3.05, 3.63) is 34.1 Å². The number of rotatable bonds is 5. The maximum Gasteiger partial charge on any atom is 0.129 e. The Bertz CT molecular complexity index is 346. The second-order valence-electron chi connectivity index (χ2n) is 3.97. The number of halogens is 2. The van der Waals surface area contributed by atoms with Gasteiger partial charge in [-0.2, -0.15) is 0 Å². The van der Waals surface area contributed by atoms with E-state index in [1.165, 1.54) is 6.07 Å². The summed E-state index contributed by atoms with van der Waals surface area (Å²) in [6.07, 6.45) is 0.669. The lowest BCUT2D eigenvalue weighted by molar-refractivity contribution is 0.264. The van der Waals surface area contributed by atoms with Gasteiger partial charge in [0.1, 0.15) is 5.82 Å². The molecule has 2 unspecified atom stereocenters. The van der Waals surface area contributed by atoms with E-state index in [1.807, 2.05) is 19.9 Å². The average molecular weight is 290 g/mol. The quantitative estimate of drug-likeness (QED) is 0.873. The lowest BCUT2D eigenvalue weighted by atomic mass is 10.1. The molecule has 0 spiro atoms. The van der Waals surface area contributed by atoms with E-state index in [9.17, 15) is 4.39 Å². The molecule has 0 bridgehead atoms. The van der Waals surface area contributed by atoms with Gasteiger partial charge in [-0.05, 0) is 32.4 Å². The number of aliphatic hydroxyl groups excluding tert-OH is 1. The van der Waals surface area contributed by atoms with E-state index in [0.29, 0.717) is 12.0 Å². The third kappa shape index (κ3) is 3.85. The molecule has 0 aromatic heterocycles. The van der Waals surface area contributed by atoms with Gasteiger partial charge in [0, 0.05) is 28.7 Å². The van der Waals surface area contributed by atoms with Crippen molar-refractivity contribution < 1.29 is 9.50 Å². The SMILES string of the molecule is CC(CCO)NC(C)c1ccc(Br)cc1F. The van der Waals surface area contributed by atoms with Crippen molar-refractivity contribution in [3.8, 4) is 0 Å². The molecule has 0 radical (unpaired) electrons. The molecule has 0 heterocycles. The first-order chi connectivity index (χ1) is 7.54. The van der Waals surface area contributed by atoms with Crippen LogP contribution in [0.15, 0.2) is 22.7 Å². The molecule has 0 aliphatic heterocycles. The second kappa shape index (κ2) is 6.33. The Morgan fingerprint density at radius 1 is 1.44 bits per heavy atom. The van der Waals surface area contributed by atoms with E-state index in [-0.39, 0.29) is 24.5 Å². The van der Waals surface area contributed by atoms with Crippen LogP contribution in [0.5, 0.6) is 0 Å². The fourth-order valence-corrected chi connectivity index (χ4v) is 1.98. The molecule has 0 saturated carbocycles. The molecule has 1 rings (SSSR count). The molecule has 2 N–H and O–H groups in total. The fourth-order valence-electron chi connectivity index (χ4n) is 1.65. The van der Waals surface area contributed by atoms with Crippen LogP contribution in [0.4, 0.5) is 4.39 Å². The maximum absolute atomic E-state index is 13.6. The van der Waals surface area contributed by atoms with Crippen LogP contribution in [0.1, 0.15) is 31.9 Å². The summed E-state index contributed by atoms with van der Waals surface area (Å²) >= 11 is 3.23. The Balaban J connectivity index is 2.69. The first-order valence-corrected chi connectivity index (χ1v) is 6.15. The van der Waals surface area contributed by atoms with Crippen LogP contribution in [0.25, 0.3) is 0 Å². The number of hydrogen-bond acceptors (Lipinski definition) is 2. The molecule has 1 aromatic carbocycles. The van der Waals surface area contributed by atoms with Crippen LogP contribution in [0.3, 0.4) is 0 Å². The zero-order valence-electron chi connectivity index (χ0n) is 9.50. The minimum atomic E-state index is -0.217. The van der Waals surface area contributed by atoms with Gasteiger partial charge in [0.05, 0.1) is 0 Å². The zero-order chi connectivity index (χ0) is 12.1. The van der Waals surface area contributed by atoms with Gasteiger partial charge < -0.3 is 10.4 Å². The summed E-state index contributed by atoms with van der Waals surface area (Å²) in [6, 6.07) is 5.16. The summed E-state index contributed by atoms with van der Waals surface area (Å²) in [4.78, 5) is 0. The van der Waals surface area contributed by atoms with Crippen LogP contribution in [-0.4, -0.2) is 17.8 Å². The van der Waals surface area contributed by atoms with Gasteiger partial charge >= 0.3 is 0 Å². The first-order valence-electron chi connectivity index (χ1n) is 5.36. The molecule has 4 heteroatoms. The minimum absolute atomic E-state index is 0.0605. The van der Waals surface area contributed by atoms with Crippen LogP contribution in [0.2, 0.25) is 0 Å². The Hall–Kier alpha value is -0.450. The number of hydrogen-bond donors (Lipinski definition) is 2. The highest BCUT2D eigenvalue weighted by Crippen LogP contribution is 2.21. The Morgan fingerprint density at radius 3 is 2.69 bits per heavy atom. The largest absolute Gasteiger partial charge is 0.396 e. The maximum atomic E-state index is 13.6. The molecule has 1 aromatic rings. The summed E-state index contributed by atoms with van der Waals surface area (Å²) < 4.78 is 14.4. The molecule has 2 atom stereocenters. The van der Waals surface area contributed by atoms with Gasteiger partial charge in [-0.25, -0.2) is 4.39 Å². The third-order valence-electron chi connectivity index (χ3n) is 2.53. The topological polar surface area (TPSA) is 32.3 Å². The van der Waals surface area contributed by atoms with Gasteiger partial charge in [-0.3, -0.25) is 0 Å². The fraction of sp³-hybridized carbons (Fsp3) is 0.500. The van der Waals surface area contributed by atoms with Gasteiger partial charge in [0.25, 0.3) is 0 Å². The highest BCUT2D eigenvalue weighted by molar-refractivity contribution is 9.10. The van der Waals surface area contributed by atoms with Crippen LogP contribution in [0, 0.1) is 5.82 Å². The van der Waals surface area contributed by atoms with Gasteiger partial charge in [-0.15, -0.1) is 0 Å². The Kier molecular flexibility index (Phi) is 5.38. The summed E-state index contributed by atoms with van der Waals surface area (Å²) in [7, 11) is 0. The molecule has 16 heavy (non-hydrogen) atoms. The predicted octanol–water partition coefficient (Wildman–Crippen LogP) is 3.01. The van der Waals surface area contributed by atoms with Crippen molar-refractivity contribution in [2.75, 3.05) is 6.61 Å².